The van der Waals surface area contributed by atoms with E-state index in [9.17, 15) is 0 Å². The van der Waals surface area contributed by atoms with Crippen molar-refractivity contribution in [2.45, 2.75) is 26.7 Å². The van der Waals surface area contributed by atoms with Gasteiger partial charge in [0.2, 0.25) is 0 Å². The van der Waals surface area contributed by atoms with Crippen molar-refractivity contribution in [1.29, 1.82) is 0 Å². The molecule has 2 rings (SSSR count). The largest absolute Gasteiger partial charge is 0.330 e. The zero-order valence-corrected chi connectivity index (χ0v) is 10.6. The van der Waals surface area contributed by atoms with Gasteiger partial charge in [0.1, 0.15) is 0 Å². The Morgan fingerprint density at radius 3 is 2.82 bits per heavy atom. The summed E-state index contributed by atoms with van der Waals surface area (Å²) in [7, 11) is 0. The summed E-state index contributed by atoms with van der Waals surface area (Å²) in [4.78, 5) is 4.51. The van der Waals surface area contributed by atoms with E-state index in [1.807, 2.05) is 6.20 Å². The first kappa shape index (κ1) is 12.1. The average Bonchev–Trinajstić information content (AvgIpc) is 2.38. The van der Waals surface area contributed by atoms with Gasteiger partial charge in [-0.15, -0.1) is 0 Å². The van der Waals surface area contributed by atoms with Crippen LogP contribution in [0.5, 0.6) is 0 Å². The Kier molecular flexibility index (Phi) is 3.75. The van der Waals surface area contributed by atoms with Crippen LogP contribution in [-0.4, -0.2) is 11.5 Å². The van der Waals surface area contributed by atoms with Crippen molar-refractivity contribution >= 4 is 10.8 Å². The van der Waals surface area contributed by atoms with E-state index in [0.717, 1.165) is 12.8 Å². The minimum absolute atomic E-state index is 0.485. The molecule has 0 radical (unpaired) electrons. The third-order valence-electron chi connectivity index (χ3n) is 3.27. The van der Waals surface area contributed by atoms with Crippen LogP contribution in [0.1, 0.15) is 25.1 Å². The van der Waals surface area contributed by atoms with Crippen LogP contribution >= 0.6 is 0 Å². The summed E-state index contributed by atoms with van der Waals surface area (Å²) in [5, 5.41) is 2.56. The van der Waals surface area contributed by atoms with Gasteiger partial charge in [-0.1, -0.05) is 26.0 Å². The number of aryl methyl sites for hydroxylation is 1. The molecule has 1 aromatic heterocycles. The third-order valence-corrected chi connectivity index (χ3v) is 3.27. The fourth-order valence-electron chi connectivity index (χ4n) is 2.07. The van der Waals surface area contributed by atoms with Gasteiger partial charge in [0, 0.05) is 17.3 Å². The van der Waals surface area contributed by atoms with Crippen LogP contribution in [0.25, 0.3) is 10.8 Å². The second-order valence-electron chi connectivity index (χ2n) is 4.71. The van der Waals surface area contributed by atoms with Gasteiger partial charge < -0.3 is 5.73 Å². The number of hydrogen-bond donors (Lipinski definition) is 1. The first-order chi connectivity index (χ1) is 8.24. The normalized spacial score (nSPS) is 12.9. The van der Waals surface area contributed by atoms with Crippen LogP contribution in [-0.2, 0) is 12.8 Å². The fraction of sp³-hybridized carbons (Fsp3) is 0.400. The number of fused-ring (bicyclic) bond motifs is 1. The number of benzene rings is 1. The van der Waals surface area contributed by atoms with E-state index < -0.39 is 0 Å². The number of nitrogens with zero attached hydrogens (tertiary/aromatic N) is 1. The van der Waals surface area contributed by atoms with Crippen molar-refractivity contribution in [2.24, 2.45) is 11.7 Å². The van der Waals surface area contributed by atoms with E-state index in [2.05, 4.69) is 43.1 Å². The van der Waals surface area contributed by atoms with E-state index in [0.29, 0.717) is 12.5 Å². The minimum atomic E-state index is 0.485. The van der Waals surface area contributed by atoms with Crippen LogP contribution < -0.4 is 5.73 Å². The van der Waals surface area contributed by atoms with Crippen molar-refractivity contribution in [3.05, 3.63) is 41.7 Å². The van der Waals surface area contributed by atoms with Gasteiger partial charge in [0.15, 0.2) is 0 Å². The predicted octanol–water partition coefficient (Wildman–Crippen LogP) is 2.93. The lowest BCUT2D eigenvalue weighted by Gasteiger charge is -2.11. The van der Waals surface area contributed by atoms with Gasteiger partial charge in [-0.2, -0.15) is 0 Å². The predicted molar refractivity (Wildman–Crippen MR) is 73.0 cm³/mol. The van der Waals surface area contributed by atoms with Gasteiger partial charge in [0.25, 0.3) is 0 Å². The number of rotatable bonds is 4. The Morgan fingerprint density at radius 1 is 1.29 bits per heavy atom. The number of nitrogens with two attached hydrogens (primary N) is 1. The molecule has 2 heteroatoms. The lowest BCUT2D eigenvalue weighted by molar-refractivity contribution is 0.587. The van der Waals surface area contributed by atoms with Crippen molar-refractivity contribution in [3.63, 3.8) is 0 Å². The molecule has 2 N–H and O–H groups in total. The Balaban J connectivity index is 2.46. The Bertz CT molecular complexity index is 505. The molecule has 0 fully saturated rings. The van der Waals surface area contributed by atoms with Gasteiger partial charge in [0.05, 0.1) is 0 Å². The topological polar surface area (TPSA) is 38.9 Å². The summed E-state index contributed by atoms with van der Waals surface area (Å²) in [6.45, 7) is 5.06. The number of hydrogen-bond acceptors (Lipinski definition) is 2. The van der Waals surface area contributed by atoms with Gasteiger partial charge in [-0.25, -0.2) is 0 Å². The molecule has 0 saturated heterocycles. The Labute approximate surface area is 103 Å². The summed E-state index contributed by atoms with van der Waals surface area (Å²) in [6, 6.07) is 8.72. The standard InChI is InChI=1S/C15H20N2/c1-3-12-4-5-13-6-7-17-15(14(13)9-12)8-11(2)10-16/h4-7,9,11H,3,8,10,16H2,1-2H3. The van der Waals surface area contributed by atoms with Crippen LogP contribution in [0.2, 0.25) is 0 Å². The van der Waals surface area contributed by atoms with Gasteiger partial charge in [-0.05, 0) is 48.4 Å². The molecule has 2 nitrogen and oxygen atoms in total. The average molecular weight is 228 g/mol. The first-order valence-electron chi connectivity index (χ1n) is 6.31. The maximum atomic E-state index is 5.69. The van der Waals surface area contributed by atoms with Crippen LogP contribution in [0.4, 0.5) is 0 Å². The summed E-state index contributed by atoms with van der Waals surface area (Å²) in [5.41, 5.74) is 8.24. The van der Waals surface area contributed by atoms with Crippen LogP contribution in [0, 0.1) is 5.92 Å². The van der Waals surface area contributed by atoms with E-state index in [1.54, 1.807) is 0 Å². The second-order valence-corrected chi connectivity index (χ2v) is 4.71. The SMILES string of the molecule is CCc1ccc2ccnc(CC(C)CN)c2c1. The molecular weight excluding hydrogens is 208 g/mol. The molecule has 0 aliphatic carbocycles. The van der Waals surface area contributed by atoms with Crippen LogP contribution in [0.15, 0.2) is 30.5 Å². The molecule has 0 saturated carbocycles. The first-order valence-corrected chi connectivity index (χ1v) is 6.31. The maximum Gasteiger partial charge on any atom is 0.0485 e. The summed E-state index contributed by atoms with van der Waals surface area (Å²) in [6.07, 6.45) is 3.92. The minimum Gasteiger partial charge on any atom is -0.330 e. The molecule has 2 aromatic rings. The second kappa shape index (κ2) is 5.28. The summed E-state index contributed by atoms with van der Waals surface area (Å²) in [5.74, 6) is 0.485. The number of pyridine rings is 1. The lowest BCUT2D eigenvalue weighted by Crippen LogP contribution is -2.14. The molecule has 0 spiro atoms. The smallest absolute Gasteiger partial charge is 0.0485 e. The summed E-state index contributed by atoms with van der Waals surface area (Å²) < 4.78 is 0. The highest BCUT2D eigenvalue weighted by atomic mass is 14.7. The Morgan fingerprint density at radius 2 is 2.12 bits per heavy atom. The molecule has 90 valence electrons. The highest BCUT2D eigenvalue weighted by molar-refractivity contribution is 5.85. The molecule has 1 unspecified atom stereocenters. The molecule has 0 aliphatic heterocycles. The molecule has 1 heterocycles. The van der Waals surface area contributed by atoms with Crippen LogP contribution in [0.3, 0.4) is 0 Å². The molecule has 1 atom stereocenters. The van der Waals surface area contributed by atoms with E-state index in [4.69, 9.17) is 5.73 Å². The van der Waals surface area contributed by atoms with Crippen molar-refractivity contribution in [1.82, 2.24) is 4.98 Å². The van der Waals surface area contributed by atoms with E-state index in [-0.39, 0.29) is 0 Å². The lowest BCUT2D eigenvalue weighted by atomic mass is 9.99. The highest BCUT2D eigenvalue weighted by Crippen LogP contribution is 2.21. The van der Waals surface area contributed by atoms with Crippen molar-refractivity contribution in [3.8, 4) is 0 Å². The van der Waals surface area contributed by atoms with Crippen molar-refractivity contribution in [2.75, 3.05) is 6.54 Å². The van der Waals surface area contributed by atoms with E-state index >= 15 is 0 Å². The summed E-state index contributed by atoms with van der Waals surface area (Å²) >= 11 is 0. The molecule has 17 heavy (non-hydrogen) atoms. The highest BCUT2D eigenvalue weighted by Gasteiger charge is 2.07. The number of aromatic nitrogens is 1. The molecule has 0 bridgehead atoms. The zero-order chi connectivity index (χ0) is 12.3. The molecular formula is C15H20N2. The van der Waals surface area contributed by atoms with Crippen molar-refractivity contribution < 1.29 is 0 Å². The van der Waals surface area contributed by atoms with Gasteiger partial charge in [-0.3, -0.25) is 4.98 Å². The maximum absolute atomic E-state index is 5.69. The fourth-order valence-corrected chi connectivity index (χ4v) is 2.07. The quantitative estimate of drug-likeness (QED) is 0.873. The monoisotopic (exact) mass is 228 g/mol. The third kappa shape index (κ3) is 2.64. The molecule has 1 aromatic carbocycles. The Hall–Kier alpha value is -1.41. The molecule has 0 aliphatic rings. The van der Waals surface area contributed by atoms with E-state index in [1.165, 1.54) is 22.0 Å². The van der Waals surface area contributed by atoms with Gasteiger partial charge >= 0.3 is 0 Å². The zero-order valence-electron chi connectivity index (χ0n) is 10.6. The molecule has 0 amide bonds.